The summed E-state index contributed by atoms with van der Waals surface area (Å²) in [5.74, 6) is -0.365. The summed E-state index contributed by atoms with van der Waals surface area (Å²) in [6, 6.07) is 19.6. The van der Waals surface area contributed by atoms with Crippen molar-refractivity contribution in [2.24, 2.45) is 0 Å². The molecule has 26 heavy (non-hydrogen) atoms. The molecule has 2 heterocycles. The van der Waals surface area contributed by atoms with Gasteiger partial charge < -0.3 is 4.74 Å². The van der Waals surface area contributed by atoms with Crippen molar-refractivity contribution in [3.63, 3.8) is 0 Å². The van der Waals surface area contributed by atoms with Crippen molar-refractivity contribution >= 4 is 17.4 Å². The summed E-state index contributed by atoms with van der Waals surface area (Å²) in [4.78, 5) is 12.9. The van der Waals surface area contributed by atoms with E-state index in [9.17, 15) is 4.79 Å². The van der Waals surface area contributed by atoms with Gasteiger partial charge in [-0.3, -0.25) is 0 Å². The first kappa shape index (κ1) is 17.5. The second kappa shape index (κ2) is 8.21. The largest absolute Gasteiger partial charge is 0.458 e. The molecule has 4 heteroatoms. The highest BCUT2D eigenvalue weighted by Gasteiger charge is 2.34. The molecule has 0 N–H and O–H groups in total. The zero-order valence-electron chi connectivity index (χ0n) is 15.0. The average Bonchev–Trinajstić information content (AvgIpc) is 2.68. The molecule has 2 aromatic heterocycles. The molecule has 1 aromatic carbocycles. The molecular formula is C22H22N2O2+2. The van der Waals surface area contributed by atoms with Gasteiger partial charge in [0.2, 0.25) is 0 Å². The third-order valence-corrected chi connectivity index (χ3v) is 3.97. The average molecular weight is 346 g/mol. The predicted octanol–water partition coefficient (Wildman–Crippen LogP) is 3.01. The van der Waals surface area contributed by atoms with E-state index in [4.69, 9.17) is 4.74 Å². The number of carbonyl (C=O) groups excluding carboxylic acids is 1. The molecule has 0 unspecified atom stereocenters. The predicted molar refractivity (Wildman–Crippen MR) is 99.6 cm³/mol. The number of aromatic nitrogens is 2. The molecule has 130 valence electrons. The van der Waals surface area contributed by atoms with Gasteiger partial charge in [-0.25, -0.2) is 4.79 Å². The fraction of sp³-hybridized carbons (Fsp3) is 0.136. The lowest BCUT2D eigenvalue weighted by Crippen LogP contribution is -2.43. The number of esters is 1. The fourth-order valence-electron chi connectivity index (χ4n) is 2.74. The molecule has 0 fully saturated rings. The molecular weight excluding hydrogens is 324 g/mol. The SMILES string of the molecule is CCOC(=O)C(=C(c1ccc(C)cc1)[n+]1ccccc1)[n+]1ccccc1. The second-order valence-electron chi connectivity index (χ2n) is 5.85. The molecule has 0 bridgehead atoms. The lowest BCUT2D eigenvalue weighted by molar-refractivity contribution is -0.606. The number of pyridine rings is 2. The standard InChI is InChI=1S/C22H22N2O2/c1-3-26-22(25)21(24-16-8-5-9-17-24)20(23-14-6-4-7-15-23)19-12-10-18(2)11-13-19/h4-17H,3H2,1-2H3/q+2. The van der Waals surface area contributed by atoms with Crippen LogP contribution in [0.15, 0.2) is 85.5 Å². The van der Waals surface area contributed by atoms with Gasteiger partial charge in [0.25, 0.3) is 5.70 Å². The molecule has 0 atom stereocenters. The van der Waals surface area contributed by atoms with E-state index < -0.39 is 0 Å². The summed E-state index contributed by atoms with van der Waals surface area (Å²) in [7, 11) is 0. The van der Waals surface area contributed by atoms with Gasteiger partial charge in [0.05, 0.1) is 12.2 Å². The lowest BCUT2D eigenvalue weighted by atomic mass is 10.1. The molecule has 0 aliphatic carbocycles. The number of hydrogen-bond acceptors (Lipinski definition) is 2. The zero-order valence-corrected chi connectivity index (χ0v) is 15.0. The number of aryl methyl sites for hydroxylation is 1. The van der Waals surface area contributed by atoms with Crippen molar-refractivity contribution in [2.45, 2.75) is 13.8 Å². The highest BCUT2D eigenvalue weighted by atomic mass is 16.5. The summed E-state index contributed by atoms with van der Waals surface area (Å²) in [6.07, 6.45) is 7.56. The normalized spacial score (nSPS) is 11.6. The summed E-state index contributed by atoms with van der Waals surface area (Å²) in [5, 5.41) is 0. The Hall–Kier alpha value is -3.27. The smallest absolute Gasteiger partial charge is 0.411 e. The Kier molecular flexibility index (Phi) is 5.54. The third kappa shape index (κ3) is 3.86. The van der Waals surface area contributed by atoms with Gasteiger partial charge >= 0.3 is 11.7 Å². The van der Waals surface area contributed by atoms with E-state index in [1.165, 1.54) is 0 Å². The molecule has 4 nitrogen and oxygen atoms in total. The number of benzene rings is 1. The molecule has 3 rings (SSSR count). The molecule has 0 aliphatic rings. The first-order valence-electron chi connectivity index (χ1n) is 8.62. The van der Waals surface area contributed by atoms with Crippen LogP contribution < -0.4 is 9.13 Å². The van der Waals surface area contributed by atoms with E-state index >= 15 is 0 Å². The third-order valence-electron chi connectivity index (χ3n) is 3.97. The van der Waals surface area contributed by atoms with Crippen molar-refractivity contribution in [3.05, 3.63) is 96.6 Å². The van der Waals surface area contributed by atoms with Gasteiger partial charge in [-0.05, 0) is 26.0 Å². The Morgan fingerprint density at radius 3 is 1.92 bits per heavy atom. The van der Waals surface area contributed by atoms with Gasteiger partial charge in [-0.15, -0.1) is 0 Å². The Bertz CT molecular complexity index is 902. The molecule has 0 amide bonds. The number of nitrogens with zero attached hydrogens (tertiary/aromatic N) is 2. The molecule has 0 spiro atoms. The van der Waals surface area contributed by atoms with Crippen LogP contribution in [-0.4, -0.2) is 12.6 Å². The van der Waals surface area contributed by atoms with Crippen molar-refractivity contribution in [1.82, 2.24) is 0 Å². The highest BCUT2D eigenvalue weighted by Crippen LogP contribution is 2.18. The highest BCUT2D eigenvalue weighted by molar-refractivity contribution is 6.13. The van der Waals surface area contributed by atoms with Crippen LogP contribution in [0.5, 0.6) is 0 Å². The Labute approximate surface area is 153 Å². The van der Waals surface area contributed by atoms with Crippen molar-refractivity contribution in [3.8, 4) is 0 Å². The van der Waals surface area contributed by atoms with Crippen LogP contribution in [0.2, 0.25) is 0 Å². The number of ether oxygens (including phenoxy) is 1. The van der Waals surface area contributed by atoms with Crippen molar-refractivity contribution in [1.29, 1.82) is 0 Å². The monoisotopic (exact) mass is 346 g/mol. The maximum Gasteiger partial charge on any atom is 0.411 e. The molecule has 0 radical (unpaired) electrons. The lowest BCUT2D eigenvalue weighted by Gasteiger charge is -2.07. The summed E-state index contributed by atoms with van der Waals surface area (Å²) in [5.41, 5.74) is 3.33. The molecule has 0 saturated carbocycles. The first-order chi connectivity index (χ1) is 12.7. The topological polar surface area (TPSA) is 34.1 Å². The quantitative estimate of drug-likeness (QED) is 0.404. The van der Waals surface area contributed by atoms with Gasteiger partial charge in [0.15, 0.2) is 24.8 Å². The molecule has 3 aromatic rings. The summed E-state index contributed by atoms with van der Waals surface area (Å²) < 4.78 is 9.12. The van der Waals surface area contributed by atoms with Gasteiger partial charge in [0, 0.05) is 24.3 Å². The van der Waals surface area contributed by atoms with Crippen LogP contribution in [0.4, 0.5) is 0 Å². The number of hydrogen-bond donors (Lipinski definition) is 0. The summed E-state index contributed by atoms with van der Waals surface area (Å²) >= 11 is 0. The minimum absolute atomic E-state index is 0.316. The minimum Gasteiger partial charge on any atom is -0.458 e. The zero-order chi connectivity index (χ0) is 18.4. The van der Waals surface area contributed by atoms with Gasteiger partial charge in [-0.2, -0.15) is 9.13 Å². The van der Waals surface area contributed by atoms with Crippen molar-refractivity contribution < 1.29 is 18.7 Å². The van der Waals surface area contributed by atoms with Crippen LogP contribution in [0.25, 0.3) is 11.4 Å². The Balaban J connectivity index is 2.32. The van der Waals surface area contributed by atoms with E-state index in [2.05, 4.69) is 0 Å². The Morgan fingerprint density at radius 1 is 0.846 bits per heavy atom. The van der Waals surface area contributed by atoms with Crippen LogP contribution >= 0.6 is 0 Å². The van der Waals surface area contributed by atoms with E-state index in [1.807, 2.05) is 104 Å². The molecule has 0 saturated heterocycles. The maximum absolute atomic E-state index is 12.9. The van der Waals surface area contributed by atoms with Crippen LogP contribution in [0.1, 0.15) is 18.1 Å². The fourth-order valence-corrected chi connectivity index (χ4v) is 2.74. The van der Waals surface area contributed by atoms with Crippen LogP contribution in [-0.2, 0) is 9.53 Å². The van der Waals surface area contributed by atoms with E-state index in [-0.39, 0.29) is 5.97 Å². The van der Waals surface area contributed by atoms with Gasteiger partial charge in [-0.1, -0.05) is 29.8 Å². The number of carbonyl (C=O) groups is 1. The van der Waals surface area contributed by atoms with E-state index in [0.29, 0.717) is 12.3 Å². The number of rotatable bonds is 5. The van der Waals surface area contributed by atoms with E-state index in [0.717, 1.165) is 16.8 Å². The second-order valence-corrected chi connectivity index (χ2v) is 5.85. The van der Waals surface area contributed by atoms with E-state index in [1.54, 1.807) is 4.57 Å². The molecule has 0 aliphatic heterocycles. The van der Waals surface area contributed by atoms with Gasteiger partial charge in [0.1, 0.15) is 0 Å². The summed E-state index contributed by atoms with van der Waals surface area (Å²) in [6.45, 7) is 4.17. The van der Waals surface area contributed by atoms with Crippen LogP contribution in [0.3, 0.4) is 0 Å². The van der Waals surface area contributed by atoms with Crippen LogP contribution in [0, 0.1) is 6.92 Å². The Morgan fingerprint density at radius 2 is 1.38 bits per heavy atom. The minimum atomic E-state index is -0.365. The first-order valence-corrected chi connectivity index (χ1v) is 8.62. The maximum atomic E-state index is 12.9. The van der Waals surface area contributed by atoms with Crippen molar-refractivity contribution in [2.75, 3.05) is 6.61 Å².